The number of sulfone groups is 1. The van der Waals surface area contributed by atoms with E-state index in [1.165, 1.54) is 25.1 Å². The third kappa shape index (κ3) is 5.92. The van der Waals surface area contributed by atoms with Crippen LogP contribution < -0.4 is 11.2 Å². The van der Waals surface area contributed by atoms with Gasteiger partial charge in [0.25, 0.3) is 5.56 Å². The molecule has 40 heavy (non-hydrogen) atoms. The molecule has 4 rings (SSSR count). The second-order valence-corrected chi connectivity index (χ2v) is 12.6. The highest BCUT2D eigenvalue weighted by atomic mass is 35.5. The Labute approximate surface area is 236 Å². The molecule has 15 heteroatoms. The lowest BCUT2D eigenvalue weighted by molar-refractivity contribution is -0.143. The standard InChI is InChI=1S/C25H24Cl2F3N3O6S/c1-2-40(38,39)19-4-3-15(26)9-14(19)11-33-22(34)16-10-18(25(28,29)30)17(20(27)21(16)31-24(33)37)12-32-7-5-13(6-8-32)23(35)36/h3-4,9-10,13H,2,5-8,11-12H2,1H3,(H,31,37)(H,35,36). The van der Waals surface area contributed by atoms with Crippen molar-refractivity contribution in [2.24, 2.45) is 5.92 Å². The van der Waals surface area contributed by atoms with Gasteiger partial charge in [-0.1, -0.05) is 30.1 Å². The lowest BCUT2D eigenvalue weighted by atomic mass is 9.96. The van der Waals surface area contributed by atoms with E-state index in [0.717, 1.165) is 0 Å². The number of aromatic amines is 1. The molecule has 1 aliphatic heterocycles. The van der Waals surface area contributed by atoms with Crippen LogP contribution >= 0.6 is 23.2 Å². The molecule has 0 amide bonds. The number of halogens is 5. The number of carboxylic acids is 1. The van der Waals surface area contributed by atoms with Gasteiger partial charge in [-0.15, -0.1) is 0 Å². The third-order valence-electron chi connectivity index (χ3n) is 7.01. The van der Waals surface area contributed by atoms with E-state index in [1.807, 2.05) is 0 Å². The van der Waals surface area contributed by atoms with Crippen LogP contribution in [0.5, 0.6) is 0 Å². The maximum Gasteiger partial charge on any atom is 0.416 e. The Morgan fingerprint density at radius 3 is 2.35 bits per heavy atom. The Bertz CT molecular complexity index is 1710. The summed E-state index contributed by atoms with van der Waals surface area (Å²) < 4.78 is 68.3. The third-order valence-corrected chi connectivity index (χ3v) is 9.49. The SMILES string of the molecule is CCS(=O)(=O)c1ccc(Cl)cc1Cn1c(=O)[nH]c2c(Cl)c(CN3CCC(C(=O)O)CC3)c(C(F)(F)F)cc2c1=O. The zero-order valence-electron chi connectivity index (χ0n) is 21.0. The van der Waals surface area contributed by atoms with E-state index in [1.54, 1.807) is 4.90 Å². The molecular weight excluding hydrogens is 598 g/mol. The smallest absolute Gasteiger partial charge is 0.416 e. The largest absolute Gasteiger partial charge is 0.481 e. The predicted octanol–water partition coefficient (Wildman–Crippen LogP) is 4.15. The summed E-state index contributed by atoms with van der Waals surface area (Å²) in [6, 6.07) is 4.46. The summed E-state index contributed by atoms with van der Waals surface area (Å²) in [4.78, 5) is 41.4. The average Bonchev–Trinajstić information content (AvgIpc) is 2.88. The minimum Gasteiger partial charge on any atom is -0.481 e. The number of hydrogen-bond donors (Lipinski definition) is 2. The molecule has 2 N–H and O–H groups in total. The number of hydrogen-bond acceptors (Lipinski definition) is 6. The first-order chi connectivity index (χ1) is 18.6. The van der Waals surface area contributed by atoms with Crippen molar-refractivity contribution in [3.63, 3.8) is 0 Å². The molecule has 1 saturated heterocycles. The average molecular weight is 622 g/mol. The fourth-order valence-corrected chi connectivity index (χ4v) is 6.42. The normalized spacial score (nSPS) is 15.6. The van der Waals surface area contributed by atoms with E-state index in [2.05, 4.69) is 4.98 Å². The topological polar surface area (TPSA) is 130 Å². The summed E-state index contributed by atoms with van der Waals surface area (Å²) in [6.45, 7) is 1.02. The van der Waals surface area contributed by atoms with Crippen molar-refractivity contribution in [2.75, 3.05) is 18.8 Å². The zero-order valence-corrected chi connectivity index (χ0v) is 23.3. The molecule has 0 unspecified atom stereocenters. The highest BCUT2D eigenvalue weighted by Crippen LogP contribution is 2.39. The van der Waals surface area contributed by atoms with Crippen molar-refractivity contribution in [1.29, 1.82) is 0 Å². The van der Waals surface area contributed by atoms with E-state index >= 15 is 0 Å². The van der Waals surface area contributed by atoms with E-state index in [9.17, 15) is 41.1 Å². The molecule has 216 valence electrons. The number of aromatic nitrogens is 2. The number of fused-ring (bicyclic) bond motifs is 1. The van der Waals surface area contributed by atoms with Crippen molar-refractivity contribution >= 4 is 49.9 Å². The van der Waals surface area contributed by atoms with Gasteiger partial charge in [-0.25, -0.2) is 13.2 Å². The molecule has 0 spiro atoms. The van der Waals surface area contributed by atoms with Crippen LogP contribution in [0.2, 0.25) is 10.0 Å². The number of rotatable bonds is 7. The maximum absolute atomic E-state index is 14.2. The van der Waals surface area contributed by atoms with Gasteiger partial charge in [-0.3, -0.25) is 19.1 Å². The molecule has 0 radical (unpaired) electrons. The number of carbonyl (C=O) groups is 1. The van der Waals surface area contributed by atoms with Crippen LogP contribution in [0.4, 0.5) is 13.2 Å². The van der Waals surface area contributed by atoms with Crippen molar-refractivity contribution in [2.45, 2.75) is 43.9 Å². The molecule has 0 saturated carbocycles. The monoisotopic (exact) mass is 621 g/mol. The minimum atomic E-state index is -4.91. The molecule has 2 heterocycles. The Hall–Kier alpha value is -2.87. The van der Waals surface area contributed by atoms with Crippen LogP contribution in [-0.2, 0) is 33.9 Å². The molecular formula is C25H24Cl2F3N3O6S. The summed E-state index contributed by atoms with van der Waals surface area (Å²) in [7, 11) is -3.79. The minimum absolute atomic E-state index is 0.0184. The maximum atomic E-state index is 14.2. The summed E-state index contributed by atoms with van der Waals surface area (Å²) in [5, 5.41) is 8.36. The van der Waals surface area contributed by atoms with Crippen LogP contribution in [0, 0.1) is 5.92 Å². The summed E-state index contributed by atoms with van der Waals surface area (Å²) in [5.74, 6) is -1.83. The fourth-order valence-electron chi connectivity index (χ4n) is 4.81. The Morgan fingerprint density at radius 2 is 1.77 bits per heavy atom. The number of likely N-dealkylation sites (tertiary alicyclic amines) is 1. The summed E-state index contributed by atoms with van der Waals surface area (Å²) in [6.07, 6.45) is -4.40. The molecule has 2 aromatic carbocycles. The van der Waals surface area contributed by atoms with Crippen LogP contribution in [0.1, 0.15) is 36.5 Å². The molecule has 9 nitrogen and oxygen atoms in total. The number of carboxylic acid groups (broad SMARTS) is 1. The molecule has 1 aliphatic rings. The van der Waals surface area contributed by atoms with Gasteiger partial charge in [0.2, 0.25) is 0 Å². The van der Waals surface area contributed by atoms with Crippen LogP contribution in [0.25, 0.3) is 10.9 Å². The number of piperidine rings is 1. The van der Waals surface area contributed by atoms with Gasteiger partial charge in [0.1, 0.15) is 0 Å². The summed E-state index contributed by atoms with van der Waals surface area (Å²) in [5.41, 5.74) is -3.90. The number of aliphatic carboxylic acids is 1. The Kier molecular flexibility index (Phi) is 8.42. The van der Waals surface area contributed by atoms with E-state index in [4.69, 9.17) is 23.2 Å². The molecule has 0 bridgehead atoms. The van der Waals surface area contributed by atoms with Gasteiger partial charge in [-0.2, -0.15) is 13.2 Å². The first-order valence-corrected chi connectivity index (χ1v) is 14.6. The molecule has 0 atom stereocenters. The van der Waals surface area contributed by atoms with Crippen molar-refractivity contribution < 1.29 is 31.5 Å². The van der Waals surface area contributed by atoms with Crippen molar-refractivity contribution in [1.82, 2.24) is 14.5 Å². The highest BCUT2D eigenvalue weighted by Gasteiger charge is 2.37. The van der Waals surface area contributed by atoms with E-state index < -0.39 is 61.7 Å². The number of nitrogens with zero attached hydrogens (tertiary/aromatic N) is 2. The van der Waals surface area contributed by atoms with Gasteiger partial charge in [0, 0.05) is 11.6 Å². The summed E-state index contributed by atoms with van der Waals surface area (Å²) >= 11 is 12.4. The first-order valence-electron chi connectivity index (χ1n) is 12.2. The van der Waals surface area contributed by atoms with Crippen molar-refractivity contribution in [3.8, 4) is 0 Å². The van der Waals surface area contributed by atoms with E-state index in [-0.39, 0.29) is 64.8 Å². The second kappa shape index (κ2) is 11.2. The lowest BCUT2D eigenvalue weighted by Gasteiger charge is -2.31. The van der Waals surface area contributed by atoms with Gasteiger partial charge >= 0.3 is 17.8 Å². The predicted molar refractivity (Wildman–Crippen MR) is 143 cm³/mol. The zero-order chi connectivity index (χ0) is 29.6. The van der Waals surface area contributed by atoms with Gasteiger partial charge in [0.05, 0.1) is 44.6 Å². The fraction of sp³-hybridized carbons (Fsp3) is 0.400. The lowest BCUT2D eigenvalue weighted by Crippen LogP contribution is -2.37. The number of H-pyrrole nitrogens is 1. The highest BCUT2D eigenvalue weighted by molar-refractivity contribution is 7.91. The second-order valence-electron chi connectivity index (χ2n) is 9.50. The van der Waals surface area contributed by atoms with Crippen LogP contribution in [0.3, 0.4) is 0 Å². The quantitative estimate of drug-likeness (QED) is 0.405. The number of alkyl halides is 3. The van der Waals surface area contributed by atoms with Gasteiger partial charge in [-0.05, 0) is 61.3 Å². The van der Waals surface area contributed by atoms with E-state index in [0.29, 0.717) is 10.6 Å². The first kappa shape index (κ1) is 30.1. The Morgan fingerprint density at radius 1 is 1.12 bits per heavy atom. The number of nitrogens with one attached hydrogen (secondary N) is 1. The van der Waals surface area contributed by atoms with Crippen molar-refractivity contribution in [3.05, 3.63) is 71.8 Å². The molecule has 3 aromatic rings. The number of benzene rings is 2. The van der Waals surface area contributed by atoms with Gasteiger partial charge in [0.15, 0.2) is 9.84 Å². The molecule has 1 fully saturated rings. The molecule has 1 aromatic heterocycles. The molecule has 0 aliphatic carbocycles. The van der Waals surface area contributed by atoms with Crippen LogP contribution in [-0.4, -0.2) is 52.8 Å². The Balaban J connectivity index is 1.83. The van der Waals surface area contributed by atoms with Crippen LogP contribution in [0.15, 0.2) is 38.8 Å². The van der Waals surface area contributed by atoms with Gasteiger partial charge < -0.3 is 10.1 Å².